The molecule has 0 amide bonds. The molecule has 1 heterocycles. The van der Waals surface area contributed by atoms with Gasteiger partial charge in [-0.3, -0.25) is 0 Å². The summed E-state index contributed by atoms with van der Waals surface area (Å²) in [5, 5.41) is 6.78. The summed E-state index contributed by atoms with van der Waals surface area (Å²) in [6.45, 7) is 7.89. The first-order valence-electron chi connectivity index (χ1n) is 5.57. The van der Waals surface area contributed by atoms with E-state index in [1.165, 1.54) is 0 Å². The highest BCUT2D eigenvalue weighted by Crippen LogP contribution is 2.15. The highest BCUT2D eigenvalue weighted by Gasteiger charge is 2.27. The first kappa shape index (κ1) is 14.2. The van der Waals surface area contributed by atoms with Gasteiger partial charge in [0.1, 0.15) is 0 Å². The number of sulfone groups is 1. The van der Waals surface area contributed by atoms with Crippen LogP contribution < -0.4 is 5.32 Å². The molecular weight excluding hydrogens is 240 g/mol. The molecule has 0 fully saturated rings. The smallest absolute Gasteiger partial charge is 0.156 e. The highest BCUT2D eigenvalue weighted by molar-refractivity contribution is 7.92. The Morgan fingerprint density at radius 3 is 2.53 bits per heavy atom. The fraction of sp³-hybridized carbons (Fsp3) is 0.727. The zero-order valence-electron chi connectivity index (χ0n) is 10.8. The molecule has 0 aliphatic carbocycles. The summed E-state index contributed by atoms with van der Waals surface area (Å²) in [5.74, 6) is 0.847. The normalized spacial score (nSPS) is 12.9. The van der Waals surface area contributed by atoms with E-state index in [1.807, 2.05) is 13.0 Å². The molecule has 0 unspecified atom stereocenters. The predicted molar refractivity (Wildman–Crippen MR) is 66.5 cm³/mol. The maximum absolute atomic E-state index is 11.8. The molecular formula is C11H20N2O3S. The van der Waals surface area contributed by atoms with Gasteiger partial charge in [0.05, 0.1) is 22.7 Å². The van der Waals surface area contributed by atoms with Crippen LogP contribution in [0.3, 0.4) is 0 Å². The van der Waals surface area contributed by atoms with Crippen LogP contribution >= 0.6 is 0 Å². The molecule has 5 nitrogen and oxygen atoms in total. The van der Waals surface area contributed by atoms with Crippen LogP contribution in [0.1, 0.15) is 32.2 Å². The quantitative estimate of drug-likeness (QED) is 0.808. The molecule has 6 heteroatoms. The molecule has 0 saturated heterocycles. The van der Waals surface area contributed by atoms with Gasteiger partial charge in [-0.1, -0.05) is 5.16 Å². The van der Waals surface area contributed by atoms with E-state index < -0.39 is 14.6 Å². The lowest BCUT2D eigenvalue weighted by molar-refractivity contribution is 0.371. The second-order valence-electron chi connectivity index (χ2n) is 5.04. The van der Waals surface area contributed by atoms with E-state index >= 15 is 0 Å². The fourth-order valence-corrected chi connectivity index (χ4v) is 2.25. The molecule has 0 spiro atoms. The van der Waals surface area contributed by atoms with Crippen LogP contribution in [0.25, 0.3) is 0 Å². The number of hydrogen-bond acceptors (Lipinski definition) is 5. The Labute approximate surface area is 102 Å². The van der Waals surface area contributed by atoms with Gasteiger partial charge in [-0.05, 0) is 27.7 Å². The summed E-state index contributed by atoms with van der Waals surface area (Å²) in [4.78, 5) is 0. The van der Waals surface area contributed by atoms with Crippen molar-refractivity contribution in [3.8, 4) is 0 Å². The Morgan fingerprint density at radius 1 is 1.41 bits per heavy atom. The topological polar surface area (TPSA) is 72.2 Å². The van der Waals surface area contributed by atoms with Gasteiger partial charge in [0.2, 0.25) is 0 Å². The minimum absolute atomic E-state index is 0.129. The van der Waals surface area contributed by atoms with Gasteiger partial charge in [0.15, 0.2) is 15.6 Å². The molecule has 0 aliphatic rings. The minimum atomic E-state index is -3.06. The second-order valence-corrected chi connectivity index (χ2v) is 7.91. The number of aryl methyl sites for hydroxylation is 1. The molecule has 1 aromatic heterocycles. The molecule has 0 aromatic carbocycles. The van der Waals surface area contributed by atoms with Gasteiger partial charge in [-0.15, -0.1) is 0 Å². The Kier molecular flexibility index (Phi) is 4.32. The van der Waals surface area contributed by atoms with Gasteiger partial charge in [-0.25, -0.2) is 8.42 Å². The Morgan fingerprint density at radius 2 is 2.06 bits per heavy atom. The van der Waals surface area contributed by atoms with Gasteiger partial charge >= 0.3 is 0 Å². The van der Waals surface area contributed by atoms with Crippen LogP contribution in [0.4, 0.5) is 0 Å². The van der Waals surface area contributed by atoms with Crippen LogP contribution in [-0.2, 0) is 16.4 Å². The number of aromatic nitrogens is 1. The molecule has 1 aromatic rings. The molecule has 0 atom stereocenters. The average molecular weight is 260 g/mol. The van der Waals surface area contributed by atoms with Crippen molar-refractivity contribution < 1.29 is 12.9 Å². The van der Waals surface area contributed by atoms with Crippen molar-refractivity contribution in [1.82, 2.24) is 10.5 Å². The Balaban J connectivity index is 2.34. The van der Waals surface area contributed by atoms with Crippen molar-refractivity contribution in [2.45, 2.75) is 39.0 Å². The van der Waals surface area contributed by atoms with Crippen LogP contribution in [0.2, 0.25) is 0 Å². The van der Waals surface area contributed by atoms with Crippen molar-refractivity contribution in [2.24, 2.45) is 0 Å². The van der Waals surface area contributed by atoms with E-state index in [4.69, 9.17) is 4.52 Å². The molecule has 0 saturated carbocycles. The highest BCUT2D eigenvalue weighted by atomic mass is 32.2. The molecule has 0 radical (unpaired) electrons. The minimum Gasteiger partial charge on any atom is -0.360 e. The van der Waals surface area contributed by atoms with E-state index in [0.29, 0.717) is 13.1 Å². The zero-order valence-corrected chi connectivity index (χ0v) is 11.6. The maximum Gasteiger partial charge on any atom is 0.156 e. The summed E-state index contributed by atoms with van der Waals surface area (Å²) in [6, 6.07) is 1.82. The van der Waals surface area contributed by atoms with E-state index in [1.54, 1.807) is 20.8 Å². The van der Waals surface area contributed by atoms with Crippen LogP contribution in [0.15, 0.2) is 10.6 Å². The molecule has 1 N–H and O–H groups in total. The summed E-state index contributed by atoms with van der Waals surface area (Å²) in [7, 11) is -3.06. The number of rotatable bonds is 5. The molecule has 17 heavy (non-hydrogen) atoms. The van der Waals surface area contributed by atoms with E-state index in [0.717, 1.165) is 11.5 Å². The first-order valence-corrected chi connectivity index (χ1v) is 7.23. The van der Waals surface area contributed by atoms with E-state index in [2.05, 4.69) is 10.5 Å². The van der Waals surface area contributed by atoms with Gasteiger partial charge in [-0.2, -0.15) is 0 Å². The summed E-state index contributed by atoms with van der Waals surface area (Å²) in [5.41, 5.74) is 0.823. The SMILES string of the molecule is Cc1cc(CNCCS(=O)(=O)C(C)(C)C)on1. The number of nitrogens with zero attached hydrogens (tertiary/aromatic N) is 1. The largest absolute Gasteiger partial charge is 0.360 e. The van der Waals surface area contributed by atoms with Crippen molar-refractivity contribution in [3.05, 3.63) is 17.5 Å². The van der Waals surface area contributed by atoms with Crippen molar-refractivity contribution in [2.75, 3.05) is 12.3 Å². The molecule has 98 valence electrons. The summed E-state index contributed by atoms with van der Waals surface area (Å²) < 4.78 is 27.9. The van der Waals surface area contributed by atoms with E-state index in [-0.39, 0.29) is 5.75 Å². The third-order valence-corrected chi connectivity index (χ3v) is 5.06. The lowest BCUT2D eigenvalue weighted by Gasteiger charge is -2.18. The monoisotopic (exact) mass is 260 g/mol. The number of nitrogens with one attached hydrogen (secondary N) is 1. The van der Waals surface area contributed by atoms with Crippen LogP contribution in [-0.4, -0.2) is 30.6 Å². The van der Waals surface area contributed by atoms with Crippen LogP contribution in [0.5, 0.6) is 0 Å². The third kappa shape index (κ3) is 4.12. The van der Waals surface area contributed by atoms with E-state index in [9.17, 15) is 8.42 Å². The lowest BCUT2D eigenvalue weighted by atomic mass is 10.3. The van der Waals surface area contributed by atoms with Gasteiger partial charge < -0.3 is 9.84 Å². The van der Waals surface area contributed by atoms with Crippen molar-refractivity contribution in [1.29, 1.82) is 0 Å². The van der Waals surface area contributed by atoms with Gasteiger partial charge in [0.25, 0.3) is 0 Å². The van der Waals surface area contributed by atoms with Crippen molar-refractivity contribution >= 4 is 9.84 Å². The second kappa shape index (κ2) is 5.18. The fourth-order valence-electron chi connectivity index (χ4n) is 1.22. The number of hydrogen-bond donors (Lipinski definition) is 1. The third-order valence-electron chi connectivity index (χ3n) is 2.46. The average Bonchev–Trinajstić information content (AvgIpc) is 2.57. The maximum atomic E-state index is 11.8. The summed E-state index contributed by atoms with van der Waals surface area (Å²) in [6.07, 6.45) is 0. The lowest BCUT2D eigenvalue weighted by Crippen LogP contribution is -2.34. The zero-order chi connectivity index (χ0) is 13.1. The molecule has 1 rings (SSSR count). The van der Waals surface area contributed by atoms with Crippen molar-refractivity contribution in [3.63, 3.8) is 0 Å². The molecule has 0 aliphatic heterocycles. The molecule has 0 bridgehead atoms. The Hall–Kier alpha value is -0.880. The van der Waals surface area contributed by atoms with Gasteiger partial charge in [0, 0.05) is 12.6 Å². The van der Waals surface area contributed by atoms with Crippen LogP contribution in [0, 0.1) is 6.92 Å². The standard InChI is InChI=1S/C11H20N2O3S/c1-9-7-10(16-13-9)8-12-5-6-17(14,15)11(2,3)4/h7,12H,5-6,8H2,1-4H3. The summed E-state index contributed by atoms with van der Waals surface area (Å²) >= 11 is 0. The first-order chi connectivity index (χ1) is 7.72. The predicted octanol–water partition coefficient (Wildman–Crippen LogP) is 1.29. The Bertz CT molecular complexity index is 457.